The lowest BCUT2D eigenvalue weighted by Crippen LogP contribution is -2.44. The van der Waals surface area contributed by atoms with Gasteiger partial charge in [0, 0.05) is 6.42 Å². The summed E-state index contributed by atoms with van der Waals surface area (Å²) in [6.45, 7) is 16.9. The minimum atomic E-state index is -3.32. The number of hydrogen-bond donors (Lipinski definition) is 0. The maximum absolute atomic E-state index is 12.4. The Hall–Kier alpha value is -0.00312. The first kappa shape index (κ1) is 23.0. The van der Waals surface area contributed by atoms with Crippen molar-refractivity contribution in [1.82, 2.24) is 0 Å². The van der Waals surface area contributed by atoms with Crippen LogP contribution in [0.4, 0.5) is 0 Å². The lowest BCUT2D eigenvalue weighted by molar-refractivity contribution is -0.118. The first-order chi connectivity index (χ1) is 10.4. The summed E-state index contributed by atoms with van der Waals surface area (Å²) in [4.78, 5) is 12.3. The lowest BCUT2D eigenvalue weighted by atomic mass is 10.1. The third-order valence-electron chi connectivity index (χ3n) is 4.20. The molecule has 0 aromatic heterocycles. The van der Waals surface area contributed by atoms with E-state index in [1.54, 1.807) is 13.8 Å². The molecule has 0 aliphatic heterocycles. The summed E-state index contributed by atoms with van der Waals surface area (Å²) in [5.41, 5.74) is 0. The standard InChI is InChI=1S/C16H35O5PSi/c1-9-15(21-23(7,8)16(4,5)6)12-14(17)13-22(18,19-10-2)20-11-3/h15H,9-13H2,1-8H3/t15-/m0/s1. The van der Waals surface area contributed by atoms with Gasteiger partial charge in [-0.05, 0) is 38.4 Å². The Labute approximate surface area is 143 Å². The summed E-state index contributed by atoms with van der Waals surface area (Å²) in [6, 6.07) is 0. The van der Waals surface area contributed by atoms with E-state index in [4.69, 9.17) is 13.5 Å². The van der Waals surface area contributed by atoms with Crippen LogP contribution >= 0.6 is 7.60 Å². The topological polar surface area (TPSA) is 61.8 Å². The van der Waals surface area contributed by atoms with Gasteiger partial charge in [-0.25, -0.2) is 0 Å². The molecule has 0 bridgehead atoms. The lowest BCUT2D eigenvalue weighted by Gasteiger charge is -2.39. The fourth-order valence-corrected chi connectivity index (χ4v) is 4.96. The van der Waals surface area contributed by atoms with Crippen LogP contribution in [0.15, 0.2) is 0 Å². The van der Waals surface area contributed by atoms with Crippen molar-refractivity contribution in [2.24, 2.45) is 0 Å². The van der Waals surface area contributed by atoms with E-state index in [9.17, 15) is 9.36 Å². The molecule has 0 spiro atoms. The molecular weight excluding hydrogens is 331 g/mol. The monoisotopic (exact) mass is 366 g/mol. The number of ketones is 1. The highest BCUT2D eigenvalue weighted by Crippen LogP contribution is 2.48. The SMILES string of the molecule is CCOP(=O)(CC(=O)C[C@H](CC)O[Si](C)(C)C(C)(C)C)OCC. The van der Waals surface area contributed by atoms with E-state index in [1.807, 2.05) is 6.92 Å². The van der Waals surface area contributed by atoms with E-state index in [-0.39, 0.29) is 42.7 Å². The highest BCUT2D eigenvalue weighted by molar-refractivity contribution is 7.54. The quantitative estimate of drug-likeness (QED) is 0.380. The Morgan fingerprint density at radius 2 is 1.57 bits per heavy atom. The largest absolute Gasteiger partial charge is 0.414 e. The van der Waals surface area contributed by atoms with Gasteiger partial charge in [0.05, 0.1) is 19.3 Å². The van der Waals surface area contributed by atoms with Crippen LogP contribution in [0, 0.1) is 0 Å². The molecule has 0 saturated carbocycles. The second-order valence-electron chi connectivity index (χ2n) is 7.26. The Balaban J connectivity index is 4.81. The van der Waals surface area contributed by atoms with Crippen molar-refractivity contribution >= 4 is 21.7 Å². The minimum Gasteiger partial charge on any atom is -0.414 e. The van der Waals surface area contributed by atoms with Crippen molar-refractivity contribution in [1.29, 1.82) is 0 Å². The number of carbonyl (C=O) groups is 1. The summed E-state index contributed by atoms with van der Waals surface area (Å²) in [7, 11) is -5.25. The van der Waals surface area contributed by atoms with Gasteiger partial charge >= 0.3 is 7.60 Å². The van der Waals surface area contributed by atoms with E-state index >= 15 is 0 Å². The fourth-order valence-electron chi connectivity index (χ4n) is 1.92. The molecule has 0 amide bonds. The number of carbonyl (C=O) groups excluding carboxylic acids is 1. The molecule has 1 atom stereocenters. The van der Waals surface area contributed by atoms with Crippen LogP contribution in [0.3, 0.4) is 0 Å². The molecule has 0 fully saturated rings. The summed E-state index contributed by atoms with van der Waals surface area (Å²) < 4.78 is 29.1. The molecule has 0 rings (SSSR count). The number of rotatable bonds is 11. The summed E-state index contributed by atoms with van der Waals surface area (Å²) >= 11 is 0. The highest BCUT2D eigenvalue weighted by atomic mass is 31.2. The van der Waals surface area contributed by atoms with Crippen molar-refractivity contribution < 1.29 is 22.8 Å². The zero-order chi connectivity index (χ0) is 18.3. The Morgan fingerprint density at radius 1 is 1.09 bits per heavy atom. The van der Waals surface area contributed by atoms with Crippen molar-refractivity contribution in [2.75, 3.05) is 19.4 Å². The number of Topliss-reactive ketones (excluding diaryl/α,β-unsaturated/α-hetero) is 1. The van der Waals surface area contributed by atoms with Crippen molar-refractivity contribution in [3.05, 3.63) is 0 Å². The van der Waals surface area contributed by atoms with Crippen LogP contribution in [0.5, 0.6) is 0 Å². The Morgan fingerprint density at radius 3 is 1.91 bits per heavy atom. The molecule has 0 unspecified atom stereocenters. The second-order valence-corrected chi connectivity index (χ2v) is 14.1. The minimum absolute atomic E-state index is 0.0927. The first-order valence-electron chi connectivity index (χ1n) is 8.48. The predicted molar refractivity (Wildman–Crippen MR) is 97.7 cm³/mol. The van der Waals surface area contributed by atoms with Crippen LogP contribution in [-0.4, -0.2) is 39.6 Å². The van der Waals surface area contributed by atoms with Gasteiger partial charge in [-0.15, -0.1) is 0 Å². The molecule has 7 heteroatoms. The van der Waals surface area contributed by atoms with E-state index in [0.717, 1.165) is 6.42 Å². The van der Waals surface area contributed by atoms with E-state index < -0.39 is 15.9 Å². The van der Waals surface area contributed by atoms with E-state index in [0.29, 0.717) is 0 Å². The smallest absolute Gasteiger partial charge is 0.338 e. The molecule has 0 aliphatic rings. The van der Waals surface area contributed by atoms with Crippen LogP contribution in [0.25, 0.3) is 0 Å². The third-order valence-corrected chi connectivity index (χ3v) is 10.8. The molecule has 0 saturated heterocycles. The molecule has 0 aromatic carbocycles. The normalized spacial score (nSPS) is 14.8. The van der Waals surface area contributed by atoms with Gasteiger partial charge < -0.3 is 13.5 Å². The van der Waals surface area contributed by atoms with Gasteiger partial charge in [0.25, 0.3) is 0 Å². The van der Waals surface area contributed by atoms with Crippen LogP contribution in [-0.2, 0) is 22.8 Å². The highest BCUT2D eigenvalue weighted by Gasteiger charge is 2.39. The van der Waals surface area contributed by atoms with Gasteiger partial charge in [-0.1, -0.05) is 27.7 Å². The third kappa shape index (κ3) is 8.08. The molecule has 23 heavy (non-hydrogen) atoms. The van der Waals surface area contributed by atoms with Gasteiger partial charge in [0.2, 0.25) is 0 Å². The number of hydrogen-bond acceptors (Lipinski definition) is 5. The zero-order valence-electron chi connectivity index (χ0n) is 16.1. The van der Waals surface area contributed by atoms with Gasteiger partial charge in [-0.3, -0.25) is 9.36 Å². The van der Waals surface area contributed by atoms with Gasteiger partial charge in [0.1, 0.15) is 11.9 Å². The first-order valence-corrected chi connectivity index (χ1v) is 13.1. The van der Waals surface area contributed by atoms with E-state index in [1.165, 1.54) is 0 Å². The maximum Gasteiger partial charge on any atom is 0.338 e. The predicted octanol–water partition coefficient (Wildman–Crippen LogP) is 5.01. The zero-order valence-corrected chi connectivity index (χ0v) is 18.0. The van der Waals surface area contributed by atoms with Crippen molar-refractivity contribution in [3.63, 3.8) is 0 Å². The molecule has 0 heterocycles. The average Bonchev–Trinajstić information content (AvgIpc) is 2.36. The average molecular weight is 367 g/mol. The molecule has 0 N–H and O–H groups in total. The Kier molecular flexibility index (Phi) is 9.47. The molecule has 138 valence electrons. The molecular formula is C16H35O5PSi. The van der Waals surface area contributed by atoms with Crippen LogP contribution in [0.2, 0.25) is 18.1 Å². The van der Waals surface area contributed by atoms with Crippen LogP contribution in [0.1, 0.15) is 54.4 Å². The van der Waals surface area contributed by atoms with Crippen molar-refractivity contribution in [2.45, 2.75) is 78.6 Å². The molecule has 0 aromatic rings. The summed E-state index contributed by atoms with van der Waals surface area (Å²) in [6.07, 6.45) is 0.700. The maximum atomic E-state index is 12.4. The van der Waals surface area contributed by atoms with Crippen molar-refractivity contribution in [3.8, 4) is 0 Å². The van der Waals surface area contributed by atoms with Crippen LogP contribution < -0.4 is 0 Å². The molecule has 0 aliphatic carbocycles. The fraction of sp³-hybridized carbons (Fsp3) is 0.938. The Bertz CT molecular complexity index is 407. The van der Waals surface area contributed by atoms with Gasteiger partial charge in [-0.2, -0.15) is 0 Å². The molecule has 0 radical (unpaired) electrons. The second kappa shape index (κ2) is 9.47. The van der Waals surface area contributed by atoms with Gasteiger partial charge in [0.15, 0.2) is 8.32 Å². The summed E-state index contributed by atoms with van der Waals surface area (Å²) in [5, 5.41) is 0.0927. The summed E-state index contributed by atoms with van der Waals surface area (Å²) in [5.74, 6) is -0.124. The molecule has 5 nitrogen and oxygen atoms in total. The van der Waals surface area contributed by atoms with E-state index in [2.05, 4.69) is 33.9 Å².